The molecule has 1 aliphatic rings. The lowest BCUT2D eigenvalue weighted by atomic mass is 10.1. The fraction of sp³-hybridized carbons (Fsp3) is 0.250. The van der Waals surface area contributed by atoms with Gasteiger partial charge in [0.2, 0.25) is 0 Å². The summed E-state index contributed by atoms with van der Waals surface area (Å²) in [5.74, 6) is -0.0862. The molecule has 0 amide bonds. The van der Waals surface area contributed by atoms with Crippen molar-refractivity contribution < 1.29 is 23.9 Å². The van der Waals surface area contributed by atoms with Gasteiger partial charge in [-0.1, -0.05) is 0 Å². The smallest absolute Gasteiger partial charge is 0.330 e. The number of nitro groups is 1. The molecule has 1 aromatic heterocycles. The molecule has 0 N–H and O–H groups in total. The van der Waals surface area contributed by atoms with Crippen LogP contribution in [0.15, 0.2) is 36.7 Å². The molecule has 9 heteroatoms. The summed E-state index contributed by atoms with van der Waals surface area (Å²) in [7, 11) is 0. The van der Waals surface area contributed by atoms with Gasteiger partial charge in [0.15, 0.2) is 6.79 Å². The minimum atomic E-state index is -0.556. The molecule has 0 saturated heterocycles. The van der Waals surface area contributed by atoms with Crippen LogP contribution in [0.2, 0.25) is 0 Å². The minimum absolute atomic E-state index is 0.0555. The van der Waals surface area contributed by atoms with E-state index in [2.05, 4.69) is 5.10 Å². The number of benzene rings is 1. The van der Waals surface area contributed by atoms with E-state index in [-0.39, 0.29) is 25.7 Å². The summed E-state index contributed by atoms with van der Waals surface area (Å²) in [4.78, 5) is 22.3. The van der Waals surface area contributed by atoms with E-state index in [1.807, 2.05) is 0 Å². The van der Waals surface area contributed by atoms with Crippen LogP contribution in [0.4, 0.5) is 5.69 Å². The number of esters is 1. The van der Waals surface area contributed by atoms with E-state index in [1.165, 1.54) is 24.3 Å². The second-order valence-corrected chi connectivity index (χ2v) is 5.16. The van der Waals surface area contributed by atoms with Gasteiger partial charge in [-0.25, -0.2) is 4.79 Å². The number of nitrogens with zero attached hydrogens (tertiary/aromatic N) is 3. The van der Waals surface area contributed by atoms with E-state index in [4.69, 9.17) is 14.2 Å². The van der Waals surface area contributed by atoms with Crippen LogP contribution in [0.3, 0.4) is 0 Å². The highest BCUT2D eigenvalue weighted by molar-refractivity contribution is 5.88. The Bertz CT molecular complexity index is 800. The highest BCUT2D eigenvalue weighted by Gasteiger charge is 2.19. The molecule has 2 aromatic rings. The fourth-order valence-corrected chi connectivity index (χ4v) is 2.34. The molecule has 0 spiro atoms. The van der Waals surface area contributed by atoms with Gasteiger partial charge in [-0.3, -0.25) is 14.8 Å². The van der Waals surface area contributed by atoms with Crippen LogP contribution >= 0.6 is 0 Å². The zero-order chi connectivity index (χ0) is 17.6. The van der Waals surface area contributed by atoms with Crippen LogP contribution < -0.4 is 4.74 Å². The topological polar surface area (TPSA) is 106 Å². The fourth-order valence-electron chi connectivity index (χ4n) is 2.34. The third-order valence-electron chi connectivity index (χ3n) is 3.46. The molecule has 0 saturated carbocycles. The van der Waals surface area contributed by atoms with Crippen molar-refractivity contribution in [1.82, 2.24) is 9.78 Å². The normalized spacial score (nSPS) is 13.3. The Morgan fingerprint density at radius 1 is 1.48 bits per heavy atom. The first-order valence-corrected chi connectivity index (χ1v) is 7.47. The molecule has 25 heavy (non-hydrogen) atoms. The average molecular weight is 345 g/mol. The Hall–Kier alpha value is -3.20. The monoisotopic (exact) mass is 345 g/mol. The van der Waals surface area contributed by atoms with Gasteiger partial charge in [-0.2, -0.15) is 5.10 Å². The number of rotatable bonds is 6. The Balaban J connectivity index is 1.68. The Kier molecular flexibility index (Phi) is 5.05. The number of nitro benzene ring substituents is 1. The van der Waals surface area contributed by atoms with Crippen molar-refractivity contribution >= 4 is 17.7 Å². The molecule has 0 fully saturated rings. The number of aromatic nitrogens is 2. The molecular formula is C16H15N3O6. The van der Waals surface area contributed by atoms with Crippen molar-refractivity contribution in [1.29, 1.82) is 0 Å². The maximum Gasteiger partial charge on any atom is 0.330 e. The third-order valence-corrected chi connectivity index (χ3v) is 3.46. The second-order valence-electron chi connectivity index (χ2n) is 5.16. The third kappa shape index (κ3) is 4.21. The van der Waals surface area contributed by atoms with Crippen molar-refractivity contribution in [3.8, 4) is 5.75 Å². The first-order valence-electron chi connectivity index (χ1n) is 7.47. The van der Waals surface area contributed by atoms with Crippen molar-refractivity contribution in [3.63, 3.8) is 0 Å². The number of fused-ring (bicyclic) bond motifs is 1. The van der Waals surface area contributed by atoms with Crippen LogP contribution in [-0.4, -0.2) is 34.1 Å². The summed E-state index contributed by atoms with van der Waals surface area (Å²) in [5, 5.41) is 15.0. The largest absolute Gasteiger partial charge is 0.467 e. The number of ether oxygens (including phenoxy) is 3. The summed E-state index contributed by atoms with van der Waals surface area (Å²) < 4.78 is 17.2. The Morgan fingerprint density at radius 3 is 3.12 bits per heavy atom. The second kappa shape index (κ2) is 7.58. The quantitative estimate of drug-likeness (QED) is 0.341. The molecule has 0 bridgehead atoms. The van der Waals surface area contributed by atoms with Crippen molar-refractivity contribution in [2.24, 2.45) is 0 Å². The van der Waals surface area contributed by atoms with E-state index < -0.39 is 10.9 Å². The summed E-state index contributed by atoms with van der Waals surface area (Å²) in [6, 6.07) is 4.52. The molecule has 3 rings (SSSR count). The summed E-state index contributed by atoms with van der Waals surface area (Å²) in [6.45, 7) is 0.883. The van der Waals surface area contributed by atoms with E-state index in [1.54, 1.807) is 23.1 Å². The van der Waals surface area contributed by atoms with E-state index >= 15 is 0 Å². The first kappa shape index (κ1) is 16.7. The lowest BCUT2D eigenvalue weighted by molar-refractivity contribution is -0.385. The van der Waals surface area contributed by atoms with Crippen molar-refractivity contribution in [2.75, 3.05) is 13.4 Å². The van der Waals surface area contributed by atoms with Crippen LogP contribution in [0.25, 0.3) is 6.08 Å². The highest BCUT2D eigenvalue weighted by atomic mass is 16.7. The molecule has 0 radical (unpaired) electrons. The Morgan fingerprint density at radius 2 is 2.36 bits per heavy atom. The number of carbonyl (C=O) groups excluding carboxylic acids is 1. The van der Waals surface area contributed by atoms with Gasteiger partial charge < -0.3 is 14.2 Å². The Labute approximate surface area is 142 Å². The molecule has 9 nitrogen and oxygen atoms in total. The van der Waals surface area contributed by atoms with Gasteiger partial charge >= 0.3 is 5.97 Å². The van der Waals surface area contributed by atoms with Gasteiger partial charge in [-0.05, 0) is 12.1 Å². The zero-order valence-electron chi connectivity index (χ0n) is 13.2. The maximum atomic E-state index is 11.8. The van der Waals surface area contributed by atoms with E-state index in [0.717, 1.165) is 0 Å². The lowest BCUT2D eigenvalue weighted by Crippen LogP contribution is -2.13. The maximum absolute atomic E-state index is 11.8. The summed E-state index contributed by atoms with van der Waals surface area (Å²) >= 11 is 0. The molecule has 130 valence electrons. The van der Waals surface area contributed by atoms with Crippen LogP contribution in [0.1, 0.15) is 11.1 Å². The SMILES string of the molecule is O=C(/C=C/c1cc([N+](=O)[O-])cc2c1OCOC2)OCCn1cccn1. The van der Waals surface area contributed by atoms with Gasteiger partial charge in [0, 0.05) is 41.7 Å². The number of non-ortho nitro benzene ring substituents is 1. The average Bonchev–Trinajstić information content (AvgIpc) is 3.12. The van der Waals surface area contributed by atoms with Crippen LogP contribution in [0, 0.1) is 10.1 Å². The number of hydrogen-bond acceptors (Lipinski definition) is 7. The van der Waals surface area contributed by atoms with Crippen molar-refractivity contribution in [3.05, 3.63) is 57.9 Å². The number of carbonyl (C=O) groups is 1. The van der Waals surface area contributed by atoms with E-state index in [0.29, 0.717) is 23.4 Å². The molecule has 0 unspecified atom stereocenters. The number of hydrogen-bond donors (Lipinski definition) is 0. The summed E-state index contributed by atoms with van der Waals surface area (Å²) in [5.41, 5.74) is 0.892. The first-order chi connectivity index (χ1) is 12.1. The standard InChI is InChI=1S/C16H15N3O6/c20-15(24-7-6-18-5-1-4-17-18)3-2-12-8-14(19(21)22)9-13-10-23-11-25-16(12)13/h1-5,8-9H,6-7,10-11H2/b3-2+. The van der Waals surface area contributed by atoms with Gasteiger partial charge in [0.25, 0.3) is 5.69 Å². The van der Waals surface area contributed by atoms with Crippen LogP contribution in [-0.2, 0) is 27.4 Å². The minimum Gasteiger partial charge on any atom is -0.467 e. The van der Waals surface area contributed by atoms with Crippen LogP contribution in [0.5, 0.6) is 5.75 Å². The molecule has 0 aliphatic carbocycles. The van der Waals surface area contributed by atoms with Gasteiger partial charge in [-0.15, -0.1) is 0 Å². The summed E-state index contributed by atoms with van der Waals surface area (Å²) in [6.07, 6.45) is 6.05. The molecule has 2 heterocycles. The van der Waals surface area contributed by atoms with Gasteiger partial charge in [0.05, 0.1) is 18.1 Å². The van der Waals surface area contributed by atoms with Gasteiger partial charge in [0.1, 0.15) is 12.4 Å². The molecule has 1 aliphatic heterocycles. The predicted molar refractivity (Wildman–Crippen MR) is 85.6 cm³/mol. The molecular weight excluding hydrogens is 330 g/mol. The lowest BCUT2D eigenvalue weighted by Gasteiger charge is -2.19. The molecule has 0 atom stereocenters. The molecule has 1 aromatic carbocycles. The zero-order valence-corrected chi connectivity index (χ0v) is 13.2. The predicted octanol–water partition coefficient (Wildman–Crippen LogP) is 1.91. The van der Waals surface area contributed by atoms with E-state index in [9.17, 15) is 14.9 Å². The van der Waals surface area contributed by atoms with Crippen molar-refractivity contribution in [2.45, 2.75) is 13.2 Å². The highest BCUT2D eigenvalue weighted by Crippen LogP contribution is 2.33.